The van der Waals surface area contributed by atoms with Crippen LogP contribution >= 0.6 is 0 Å². The molecule has 0 aliphatic heterocycles. The largest absolute Gasteiger partial charge is 0.465 e. The number of benzene rings is 1. The van der Waals surface area contributed by atoms with Gasteiger partial charge in [-0.3, -0.25) is 9.89 Å². The summed E-state index contributed by atoms with van der Waals surface area (Å²) in [6, 6.07) is 4.42. The van der Waals surface area contributed by atoms with Crippen molar-refractivity contribution in [1.29, 1.82) is 0 Å². The first kappa shape index (κ1) is 16.5. The molecule has 2 aromatic rings. The number of hydrogen-bond acceptors (Lipinski definition) is 3. The predicted octanol–water partition coefficient (Wildman–Crippen LogP) is 0.601. The van der Waals surface area contributed by atoms with Gasteiger partial charge in [-0.25, -0.2) is 13.9 Å². The van der Waals surface area contributed by atoms with Gasteiger partial charge in [-0.05, 0) is 24.3 Å². The lowest BCUT2D eigenvalue weighted by atomic mass is 10.2. The Morgan fingerprint density at radius 3 is 2.30 bits per heavy atom. The Morgan fingerprint density at radius 2 is 1.83 bits per heavy atom. The molecule has 1 N–H and O–H groups in total. The number of halogens is 4. The molecular formula is C14H10F4N2O3. The minimum Gasteiger partial charge on any atom is -0.465 e. The number of H-pyrrole nitrogens is 1. The second-order valence-corrected chi connectivity index (χ2v) is 4.45. The van der Waals surface area contributed by atoms with Crippen molar-refractivity contribution in [2.45, 2.75) is 6.18 Å². The normalized spacial score (nSPS) is 12.9. The minimum absolute atomic E-state index is 0.0824. The number of methoxy groups -OCH3 is 1. The summed E-state index contributed by atoms with van der Waals surface area (Å²) >= 11 is 0. The zero-order valence-electron chi connectivity index (χ0n) is 11.7. The van der Waals surface area contributed by atoms with Crippen molar-refractivity contribution in [2.75, 3.05) is 7.11 Å². The Labute approximate surface area is 126 Å². The van der Waals surface area contributed by atoms with E-state index in [1.165, 1.54) is 12.1 Å². The molecule has 0 spiro atoms. The van der Waals surface area contributed by atoms with Crippen molar-refractivity contribution >= 4 is 18.1 Å². The molecular weight excluding hydrogens is 320 g/mol. The highest BCUT2D eigenvalue weighted by Gasteiger charge is 2.41. The summed E-state index contributed by atoms with van der Waals surface area (Å²) in [5.41, 5.74) is -2.83. The van der Waals surface area contributed by atoms with Crippen molar-refractivity contribution < 1.29 is 27.1 Å². The number of nitrogens with one attached hydrogen (secondary N) is 1. The van der Waals surface area contributed by atoms with Crippen LogP contribution < -0.4 is 16.1 Å². The third-order valence-electron chi connectivity index (χ3n) is 2.97. The molecule has 5 nitrogen and oxygen atoms in total. The highest BCUT2D eigenvalue weighted by Crippen LogP contribution is 2.26. The minimum atomic E-state index is -5.11. The van der Waals surface area contributed by atoms with Gasteiger partial charge in [-0.2, -0.15) is 13.2 Å². The maximum absolute atomic E-state index is 13.1. The maximum Gasteiger partial charge on any atom is 0.424 e. The first-order chi connectivity index (χ1) is 10.7. The molecule has 1 aromatic heterocycles. The molecule has 9 heteroatoms. The second kappa shape index (κ2) is 5.75. The topological polar surface area (TPSA) is 64.1 Å². The SMILES string of the molecule is C=c1[nH]n(-c2ccc(F)cc2)c(=O)c1=C(C(=O)OC)C(F)(F)F. The lowest BCUT2D eigenvalue weighted by Gasteiger charge is -2.07. The number of ether oxygens (including phenoxy) is 1. The molecule has 122 valence electrons. The van der Waals surface area contributed by atoms with Crippen LogP contribution in [0.4, 0.5) is 17.6 Å². The number of nitrogens with zero attached hydrogens (tertiary/aromatic N) is 1. The van der Waals surface area contributed by atoms with Crippen LogP contribution in [0.15, 0.2) is 29.1 Å². The fourth-order valence-corrected chi connectivity index (χ4v) is 1.97. The van der Waals surface area contributed by atoms with E-state index in [0.29, 0.717) is 0 Å². The predicted molar refractivity (Wildman–Crippen MR) is 72.6 cm³/mol. The van der Waals surface area contributed by atoms with E-state index in [9.17, 15) is 27.2 Å². The Hall–Kier alpha value is -2.84. The third-order valence-corrected chi connectivity index (χ3v) is 2.97. The summed E-state index contributed by atoms with van der Waals surface area (Å²) in [6.45, 7) is 3.32. The first-order valence-electron chi connectivity index (χ1n) is 6.12. The number of alkyl halides is 3. The Balaban J connectivity index is 2.87. The third kappa shape index (κ3) is 3.03. The van der Waals surface area contributed by atoms with E-state index in [0.717, 1.165) is 23.9 Å². The molecule has 0 unspecified atom stereocenters. The summed E-state index contributed by atoms with van der Waals surface area (Å²) in [6.07, 6.45) is -5.11. The average molecular weight is 330 g/mol. The Kier molecular flexibility index (Phi) is 4.13. The molecule has 0 saturated carbocycles. The standard InChI is InChI=1S/C14H10F4N2O3/c1-7-10(11(13(22)23-2)14(16,17)18)12(21)20(19-7)9-5-3-8(15)4-6-9/h3-6,19H,1H2,2H3. The van der Waals surface area contributed by atoms with E-state index < -0.39 is 39.7 Å². The first-order valence-corrected chi connectivity index (χ1v) is 6.12. The quantitative estimate of drug-likeness (QED) is 0.648. The number of esters is 1. The van der Waals surface area contributed by atoms with Crippen LogP contribution in [0.3, 0.4) is 0 Å². The molecule has 1 heterocycles. The summed E-state index contributed by atoms with van der Waals surface area (Å²) in [7, 11) is 0.766. The molecule has 0 amide bonds. The van der Waals surface area contributed by atoms with E-state index in [4.69, 9.17) is 0 Å². The number of aromatic nitrogens is 2. The van der Waals surface area contributed by atoms with Crippen LogP contribution in [-0.4, -0.2) is 29.0 Å². The molecule has 1 aromatic carbocycles. The van der Waals surface area contributed by atoms with Crippen LogP contribution in [0.25, 0.3) is 17.8 Å². The summed E-state index contributed by atoms with van der Waals surface area (Å²) < 4.78 is 57.0. The average Bonchev–Trinajstić information content (AvgIpc) is 2.75. The maximum atomic E-state index is 13.1. The van der Waals surface area contributed by atoms with Crippen LogP contribution in [0.1, 0.15) is 0 Å². The van der Waals surface area contributed by atoms with Gasteiger partial charge in [-0.1, -0.05) is 6.58 Å². The lowest BCUT2D eigenvalue weighted by molar-refractivity contribution is -0.140. The molecule has 2 rings (SSSR count). The molecule has 0 aliphatic carbocycles. The highest BCUT2D eigenvalue weighted by atomic mass is 19.4. The highest BCUT2D eigenvalue weighted by molar-refractivity contribution is 6.11. The number of rotatable bonds is 2. The van der Waals surface area contributed by atoms with Gasteiger partial charge >= 0.3 is 12.1 Å². The molecule has 0 radical (unpaired) electrons. The molecule has 0 aliphatic rings. The summed E-state index contributed by atoms with van der Waals surface area (Å²) in [4.78, 5) is 23.7. The van der Waals surface area contributed by atoms with Crippen LogP contribution in [0.5, 0.6) is 0 Å². The fourth-order valence-electron chi connectivity index (χ4n) is 1.97. The number of hydrogen-bond donors (Lipinski definition) is 1. The number of carbonyl (C=O) groups excluding carboxylic acids is 1. The molecule has 23 heavy (non-hydrogen) atoms. The van der Waals surface area contributed by atoms with E-state index in [-0.39, 0.29) is 5.69 Å². The van der Waals surface area contributed by atoms with E-state index in [1.807, 2.05) is 0 Å². The van der Waals surface area contributed by atoms with Crippen molar-refractivity contribution in [1.82, 2.24) is 9.78 Å². The van der Waals surface area contributed by atoms with Crippen molar-refractivity contribution in [3.63, 3.8) is 0 Å². The summed E-state index contributed by atoms with van der Waals surface area (Å²) in [5.74, 6) is -2.29. The van der Waals surface area contributed by atoms with Crippen molar-refractivity contribution in [3.05, 3.63) is 51.0 Å². The van der Waals surface area contributed by atoms with E-state index in [1.54, 1.807) is 0 Å². The van der Waals surface area contributed by atoms with Gasteiger partial charge < -0.3 is 4.74 Å². The molecule has 0 bridgehead atoms. The van der Waals surface area contributed by atoms with Gasteiger partial charge in [-0.15, -0.1) is 0 Å². The smallest absolute Gasteiger partial charge is 0.424 e. The molecule has 0 fully saturated rings. The van der Waals surface area contributed by atoms with E-state index in [2.05, 4.69) is 16.4 Å². The van der Waals surface area contributed by atoms with Crippen LogP contribution in [-0.2, 0) is 9.53 Å². The van der Waals surface area contributed by atoms with Crippen molar-refractivity contribution in [2.24, 2.45) is 0 Å². The number of aromatic amines is 1. The molecule has 0 atom stereocenters. The van der Waals surface area contributed by atoms with Gasteiger partial charge in [0.2, 0.25) is 0 Å². The zero-order valence-corrected chi connectivity index (χ0v) is 11.7. The second-order valence-electron chi connectivity index (χ2n) is 4.45. The van der Waals surface area contributed by atoms with Crippen LogP contribution in [0.2, 0.25) is 0 Å². The van der Waals surface area contributed by atoms with Gasteiger partial charge in [0.25, 0.3) is 5.56 Å². The van der Waals surface area contributed by atoms with Gasteiger partial charge in [0, 0.05) is 0 Å². The lowest BCUT2D eigenvalue weighted by Crippen LogP contribution is -2.42. The summed E-state index contributed by atoms with van der Waals surface area (Å²) in [5, 5.41) is 0.953. The number of carbonyl (C=O) groups is 1. The van der Waals surface area contributed by atoms with Gasteiger partial charge in [0.05, 0.1) is 23.4 Å². The zero-order chi connectivity index (χ0) is 17.4. The molecule has 0 saturated heterocycles. The van der Waals surface area contributed by atoms with Crippen LogP contribution in [0, 0.1) is 5.82 Å². The van der Waals surface area contributed by atoms with E-state index >= 15 is 0 Å². The Morgan fingerprint density at radius 1 is 1.26 bits per heavy atom. The Bertz CT molecular complexity index is 907. The van der Waals surface area contributed by atoms with Crippen molar-refractivity contribution in [3.8, 4) is 5.69 Å². The van der Waals surface area contributed by atoms with Gasteiger partial charge in [0.1, 0.15) is 5.82 Å². The van der Waals surface area contributed by atoms with Gasteiger partial charge in [0.15, 0.2) is 5.57 Å². The fraction of sp³-hybridized carbons (Fsp3) is 0.143. The monoisotopic (exact) mass is 330 g/mol.